The van der Waals surface area contributed by atoms with E-state index in [0.717, 1.165) is 42.6 Å². The molecule has 0 unspecified atom stereocenters. The zero-order valence-electron chi connectivity index (χ0n) is 12.1. The van der Waals surface area contributed by atoms with Crippen molar-refractivity contribution in [3.05, 3.63) is 70.8 Å². The molecule has 2 aromatic carbocycles. The van der Waals surface area contributed by atoms with Gasteiger partial charge in [-0.05, 0) is 66.9 Å². The van der Waals surface area contributed by atoms with Crippen LogP contribution >= 0.6 is 0 Å². The predicted molar refractivity (Wildman–Crippen MR) is 79.5 cm³/mol. The van der Waals surface area contributed by atoms with Gasteiger partial charge in [-0.3, -0.25) is 0 Å². The van der Waals surface area contributed by atoms with Gasteiger partial charge < -0.3 is 10.1 Å². The summed E-state index contributed by atoms with van der Waals surface area (Å²) < 4.78 is 33.3. The van der Waals surface area contributed by atoms with E-state index in [-0.39, 0.29) is 17.7 Å². The highest BCUT2D eigenvalue weighted by Crippen LogP contribution is 2.50. The second kappa shape index (κ2) is 5.14. The van der Waals surface area contributed by atoms with Crippen LogP contribution in [0.15, 0.2) is 42.5 Å². The molecular weight excluding hydrogens is 284 g/mol. The number of hydrogen-bond donors (Lipinski definition) is 1. The lowest BCUT2D eigenvalue weighted by molar-refractivity contribution is -0.0799. The van der Waals surface area contributed by atoms with E-state index < -0.39 is 5.60 Å². The summed E-state index contributed by atoms with van der Waals surface area (Å²) in [6.45, 7) is 1.71. The van der Waals surface area contributed by atoms with Gasteiger partial charge in [-0.2, -0.15) is 0 Å². The SMILES string of the molecule is Fc1ccc([C@@H]2OC3(CCNCC3)c3cc(F)ccc32)cc1. The van der Waals surface area contributed by atoms with Crippen molar-refractivity contribution in [3.8, 4) is 0 Å². The Bertz CT molecular complexity index is 693. The quantitative estimate of drug-likeness (QED) is 0.868. The Hall–Kier alpha value is -1.78. The first-order valence-corrected chi connectivity index (χ1v) is 7.62. The largest absolute Gasteiger partial charge is 0.358 e. The number of nitrogens with one attached hydrogen (secondary N) is 1. The van der Waals surface area contributed by atoms with Crippen LogP contribution in [0.5, 0.6) is 0 Å². The van der Waals surface area contributed by atoms with Gasteiger partial charge >= 0.3 is 0 Å². The van der Waals surface area contributed by atoms with Crippen molar-refractivity contribution in [1.29, 1.82) is 0 Å². The summed E-state index contributed by atoms with van der Waals surface area (Å²) >= 11 is 0. The second-order valence-electron chi connectivity index (χ2n) is 6.03. The van der Waals surface area contributed by atoms with Crippen molar-refractivity contribution in [2.75, 3.05) is 13.1 Å². The van der Waals surface area contributed by atoms with Crippen molar-refractivity contribution in [2.45, 2.75) is 24.5 Å². The Morgan fingerprint density at radius 3 is 2.36 bits per heavy atom. The van der Waals surface area contributed by atoms with Crippen LogP contribution in [0.4, 0.5) is 8.78 Å². The van der Waals surface area contributed by atoms with Crippen LogP contribution < -0.4 is 5.32 Å². The molecule has 0 radical (unpaired) electrons. The zero-order valence-corrected chi connectivity index (χ0v) is 12.1. The Balaban J connectivity index is 1.81. The molecule has 1 atom stereocenters. The number of ether oxygens (including phenoxy) is 1. The molecule has 22 heavy (non-hydrogen) atoms. The van der Waals surface area contributed by atoms with Crippen molar-refractivity contribution in [3.63, 3.8) is 0 Å². The van der Waals surface area contributed by atoms with E-state index in [2.05, 4.69) is 5.32 Å². The van der Waals surface area contributed by atoms with Crippen LogP contribution in [0.3, 0.4) is 0 Å². The number of piperidine rings is 1. The molecule has 0 saturated carbocycles. The lowest BCUT2D eigenvalue weighted by Crippen LogP contribution is -2.39. The van der Waals surface area contributed by atoms with Crippen LogP contribution in [0.2, 0.25) is 0 Å². The fourth-order valence-electron chi connectivity index (χ4n) is 3.61. The molecule has 2 aromatic rings. The molecule has 0 amide bonds. The molecule has 0 bridgehead atoms. The second-order valence-corrected chi connectivity index (χ2v) is 6.03. The lowest BCUT2D eigenvalue weighted by Gasteiger charge is -2.34. The van der Waals surface area contributed by atoms with Gasteiger partial charge in [0.15, 0.2) is 0 Å². The minimum atomic E-state index is -0.429. The molecule has 4 rings (SSSR count). The molecule has 4 heteroatoms. The lowest BCUT2D eigenvalue weighted by atomic mass is 9.83. The van der Waals surface area contributed by atoms with Gasteiger partial charge in [-0.15, -0.1) is 0 Å². The Kier molecular flexibility index (Phi) is 3.24. The standard InChI is InChI=1S/C18H17F2NO/c19-13-3-1-12(2-4-13)17-15-6-5-14(20)11-16(15)18(22-17)7-9-21-10-8-18/h1-6,11,17,21H,7-10H2/t17-/m0/s1. The smallest absolute Gasteiger partial charge is 0.123 e. The number of benzene rings is 2. The summed E-state index contributed by atoms with van der Waals surface area (Å²) in [7, 11) is 0. The molecule has 2 nitrogen and oxygen atoms in total. The Morgan fingerprint density at radius 1 is 0.955 bits per heavy atom. The fourth-order valence-corrected chi connectivity index (χ4v) is 3.61. The third kappa shape index (κ3) is 2.14. The molecular formula is C18H17F2NO. The Labute approximate surface area is 128 Å². The van der Waals surface area contributed by atoms with E-state index in [1.807, 2.05) is 0 Å². The fraction of sp³-hybridized carbons (Fsp3) is 0.333. The number of rotatable bonds is 1. The highest BCUT2D eigenvalue weighted by molar-refractivity contribution is 5.44. The highest BCUT2D eigenvalue weighted by Gasteiger charge is 2.46. The number of halogens is 2. The monoisotopic (exact) mass is 301 g/mol. The summed E-state index contributed by atoms with van der Waals surface area (Å²) in [5.74, 6) is -0.502. The minimum Gasteiger partial charge on any atom is -0.358 e. The third-order valence-corrected chi connectivity index (χ3v) is 4.72. The molecule has 114 valence electrons. The zero-order chi connectivity index (χ0) is 15.2. The molecule has 2 heterocycles. The summed E-state index contributed by atoms with van der Waals surface area (Å²) in [6.07, 6.45) is 1.39. The Morgan fingerprint density at radius 2 is 1.64 bits per heavy atom. The predicted octanol–water partition coefficient (Wildman–Crippen LogP) is 3.66. The van der Waals surface area contributed by atoms with Gasteiger partial charge in [0.05, 0.1) is 5.60 Å². The topological polar surface area (TPSA) is 21.3 Å². The summed E-state index contributed by atoms with van der Waals surface area (Å²) in [6, 6.07) is 11.2. The maximum atomic E-state index is 13.8. The minimum absolute atomic E-state index is 0.236. The first kappa shape index (κ1) is 13.9. The van der Waals surface area contributed by atoms with Crippen molar-refractivity contribution < 1.29 is 13.5 Å². The van der Waals surface area contributed by atoms with Gasteiger partial charge in [-0.25, -0.2) is 8.78 Å². The van der Waals surface area contributed by atoms with E-state index in [1.165, 1.54) is 18.2 Å². The average Bonchev–Trinajstić information content (AvgIpc) is 2.83. The van der Waals surface area contributed by atoms with Crippen molar-refractivity contribution in [1.82, 2.24) is 5.32 Å². The maximum Gasteiger partial charge on any atom is 0.123 e. The maximum absolute atomic E-state index is 13.8. The van der Waals surface area contributed by atoms with Gasteiger partial charge in [-0.1, -0.05) is 18.2 Å². The highest BCUT2D eigenvalue weighted by atomic mass is 19.1. The third-order valence-electron chi connectivity index (χ3n) is 4.72. The van der Waals surface area contributed by atoms with Gasteiger partial charge in [0, 0.05) is 0 Å². The molecule has 2 aliphatic heterocycles. The summed E-state index contributed by atoms with van der Waals surface area (Å²) in [5, 5.41) is 3.32. The summed E-state index contributed by atoms with van der Waals surface area (Å²) in [4.78, 5) is 0. The molecule has 2 aliphatic rings. The molecule has 1 fully saturated rings. The van der Waals surface area contributed by atoms with Gasteiger partial charge in [0.1, 0.15) is 17.7 Å². The average molecular weight is 301 g/mol. The van der Waals surface area contributed by atoms with Gasteiger partial charge in [0.25, 0.3) is 0 Å². The first-order chi connectivity index (χ1) is 10.7. The van der Waals surface area contributed by atoms with E-state index in [4.69, 9.17) is 4.74 Å². The number of hydrogen-bond acceptors (Lipinski definition) is 2. The molecule has 1 saturated heterocycles. The van der Waals surface area contributed by atoms with Crippen LogP contribution in [-0.4, -0.2) is 13.1 Å². The first-order valence-electron chi connectivity index (χ1n) is 7.62. The van der Waals surface area contributed by atoms with Crippen molar-refractivity contribution >= 4 is 0 Å². The van der Waals surface area contributed by atoms with Crippen molar-refractivity contribution in [2.24, 2.45) is 0 Å². The molecule has 0 aromatic heterocycles. The van der Waals surface area contributed by atoms with E-state index >= 15 is 0 Å². The van der Waals surface area contributed by atoms with Gasteiger partial charge in [0.2, 0.25) is 0 Å². The van der Waals surface area contributed by atoms with E-state index in [1.54, 1.807) is 24.3 Å². The van der Waals surface area contributed by atoms with Crippen LogP contribution in [0.1, 0.15) is 35.6 Å². The van der Waals surface area contributed by atoms with Crippen LogP contribution in [0, 0.1) is 11.6 Å². The van der Waals surface area contributed by atoms with Crippen LogP contribution in [-0.2, 0) is 10.3 Å². The van der Waals surface area contributed by atoms with E-state index in [9.17, 15) is 8.78 Å². The van der Waals surface area contributed by atoms with Crippen LogP contribution in [0.25, 0.3) is 0 Å². The molecule has 1 spiro atoms. The molecule has 0 aliphatic carbocycles. The normalized spacial score (nSPS) is 22.7. The molecule has 1 N–H and O–H groups in total. The van der Waals surface area contributed by atoms with E-state index in [0.29, 0.717) is 0 Å². The number of fused-ring (bicyclic) bond motifs is 2. The summed E-state index contributed by atoms with van der Waals surface area (Å²) in [5.41, 5.74) is 2.42.